The molecule has 112 valence electrons. The number of hydrogen-bond donors (Lipinski definition) is 1. The Kier molecular flexibility index (Phi) is 4.99. The lowest BCUT2D eigenvalue weighted by Gasteiger charge is -2.23. The molecule has 1 heterocycles. The standard InChI is InChI=1S/C14H23N3O2S/c1-3-5-10-17(12-6-7-12)20(18,19)14-11-15-9-8-13(14)16-4-2/h8-9,11-12H,3-7,10H2,1-2H3,(H,15,16). The van der Waals surface area contributed by atoms with E-state index in [0.29, 0.717) is 23.7 Å². The van der Waals surface area contributed by atoms with Crippen molar-refractivity contribution in [3.05, 3.63) is 18.5 Å². The number of sulfonamides is 1. The second-order valence-electron chi connectivity index (χ2n) is 5.10. The van der Waals surface area contributed by atoms with Crippen molar-refractivity contribution in [2.45, 2.75) is 50.5 Å². The molecular weight excluding hydrogens is 274 g/mol. The maximum atomic E-state index is 12.9. The molecular formula is C14H23N3O2S. The highest BCUT2D eigenvalue weighted by molar-refractivity contribution is 7.89. The maximum absolute atomic E-state index is 12.9. The Labute approximate surface area is 121 Å². The molecule has 0 radical (unpaired) electrons. The fraction of sp³-hybridized carbons (Fsp3) is 0.643. The molecule has 1 aromatic rings. The number of nitrogens with one attached hydrogen (secondary N) is 1. The summed E-state index contributed by atoms with van der Waals surface area (Å²) in [5.41, 5.74) is 0.643. The van der Waals surface area contributed by atoms with Crippen molar-refractivity contribution in [3.63, 3.8) is 0 Å². The lowest BCUT2D eigenvalue weighted by atomic mass is 10.3. The molecule has 1 N–H and O–H groups in total. The number of hydrogen-bond acceptors (Lipinski definition) is 4. The van der Waals surface area contributed by atoms with Crippen LogP contribution in [0.3, 0.4) is 0 Å². The van der Waals surface area contributed by atoms with Crippen LogP contribution >= 0.6 is 0 Å². The Morgan fingerprint density at radius 2 is 2.15 bits per heavy atom. The first-order valence-electron chi connectivity index (χ1n) is 7.31. The minimum Gasteiger partial charge on any atom is -0.384 e. The zero-order chi connectivity index (χ0) is 14.6. The molecule has 0 aromatic carbocycles. The molecule has 5 nitrogen and oxygen atoms in total. The van der Waals surface area contributed by atoms with E-state index in [1.165, 1.54) is 6.20 Å². The van der Waals surface area contributed by atoms with Gasteiger partial charge in [0.2, 0.25) is 10.0 Å². The highest BCUT2D eigenvalue weighted by atomic mass is 32.2. The molecule has 0 atom stereocenters. The van der Waals surface area contributed by atoms with Crippen LogP contribution in [0.5, 0.6) is 0 Å². The summed E-state index contributed by atoms with van der Waals surface area (Å²) in [6.45, 7) is 5.31. The van der Waals surface area contributed by atoms with Crippen LogP contribution in [0.4, 0.5) is 5.69 Å². The van der Waals surface area contributed by atoms with Crippen LogP contribution in [0.2, 0.25) is 0 Å². The molecule has 6 heteroatoms. The minimum absolute atomic E-state index is 0.182. The van der Waals surface area contributed by atoms with E-state index in [4.69, 9.17) is 0 Å². The van der Waals surface area contributed by atoms with Crippen molar-refractivity contribution >= 4 is 15.7 Å². The van der Waals surface area contributed by atoms with Crippen molar-refractivity contribution in [1.82, 2.24) is 9.29 Å². The van der Waals surface area contributed by atoms with Gasteiger partial charge < -0.3 is 5.32 Å². The number of anilines is 1. The van der Waals surface area contributed by atoms with E-state index in [0.717, 1.165) is 25.7 Å². The van der Waals surface area contributed by atoms with Crippen LogP contribution in [-0.2, 0) is 10.0 Å². The molecule has 1 aliphatic rings. The van der Waals surface area contributed by atoms with Gasteiger partial charge in [-0.3, -0.25) is 4.98 Å². The van der Waals surface area contributed by atoms with Gasteiger partial charge in [-0.25, -0.2) is 8.42 Å². The fourth-order valence-corrected chi connectivity index (χ4v) is 4.06. The van der Waals surface area contributed by atoms with E-state index in [9.17, 15) is 8.42 Å². The lowest BCUT2D eigenvalue weighted by Crippen LogP contribution is -2.34. The van der Waals surface area contributed by atoms with E-state index in [-0.39, 0.29) is 6.04 Å². The van der Waals surface area contributed by atoms with E-state index in [1.807, 2.05) is 6.92 Å². The van der Waals surface area contributed by atoms with Crippen LogP contribution < -0.4 is 5.32 Å². The molecule has 1 fully saturated rings. The molecule has 0 spiro atoms. The smallest absolute Gasteiger partial charge is 0.246 e. The van der Waals surface area contributed by atoms with Crippen molar-refractivity contribution in [1.29, 1.82) is 0 Å². The first kappa shape index (κ1) is 15.3. The van der Waals surface area contributed by atoms with Crippen LogP contribution in [0.15, 0.2) is 23.4 Å². The van der Waals surface area contributed by atoms with Gasteiger partial charge in [-0.15, -0.1) is 0 Å². The Bertz CT molecular complexity index is 541. The zero-order valence-corrected chi connectivity index (χ0v) is 13.0. The lowest BCUT2D eigenvalue weighted by molar-refractivity contribution is 0.396. The predicted octanol–water partition coefficient (Wildman–Crippen LogP) is 2.47. The molecule has 0 saturated heterocycles. The summed E-state index contributed by atoms with van der Waals surface area (Å²) < 4.78 is 27.4. The summed E-state index contributed by atoms with van der Waals surface area (Å²) >= 11 is 0. The molecule has 2 rings (SSSR count). The van der Waals surface area contributed by atoms with Gasteiger partial charge in [-0.05, 0) is 32.3 Å². The average molecular weight is 297 g/mol. The Morgan fingerprint density at radius 1 is 1.40 bits per heavy atom. The molecule has 1 aromatic heterocycles. The van der Waals surface area contributed by atoms with E-state index >= 15 is 0 Å². The minimum atomic E-state index is -3.45. The van der Waals surface area contributed by atoms with E-state index < -0.39 is 10.0 Å². The van der Waals surface area contributed by atoms with Crippen LogP contribution in [-0.4, -0.2) is 36.8 Å². The highest BCUT2D eigenvalue weighted by Crippen LogP contribution is 2.34. The van der Waals surface area contributed by atoms with Gasteiger partial charge in [0.05, 0.1) is 5.69 Å². The van der Waals surface area contributed by atoms with Crippen LogP contribution in [0, 0.1) is 0 Å². The number of pyridine rings is 1. The SMILES string of the molecule is CCCCN(C1CC1)S(=O)(=O)c1cnccc1NCC. The van der Waals surface area contributed by atoms with Crippen molar-refractivity contribution < 1.29 is 8.42 Å². The third-order valence-corrected chi connectivity index (χ3v) is 5.40. The van der Waals surface area contributed by atoms with Gasteiger partial charge in [0, 0.05) is 31.5 Å². The number of unbranched alkanes of at least 4 members (excludes halogenated alkanes) is 1. The summed E-state index contributed by atoms with van der Waals surface area (Å²) in [6.07, 6.45) is 6.90. The van der Waals surface area contributed by atoms with Gasteiger partial charge in [-0.1, -0.05) is 13.3 Å². The summed E-state index contributed by atoms with van der Waals surface area (Å²) in [5.74, 6) is 0. The summed E-state index contributed by atoms with van der Waals surface area (Å²) in [6, 6.07) is 1.91. The Morgan fingerprint density at radius 3 is 2.75 bits per heavy atom. The van der Waals surface area contributed by atoms with Gasteiger partial charge >= 0.3 is 0 Å². The zero-order valence-electron chi connectivity index (χ0n) is 12.2. The van der Waals surface area contributed by atoms with Gasteiger partial charge in [0.25, 0.3) is 0 Å². The Hall–Kier alpha value is -1.14. The van der Waals surface area contributed by atoms with Crippen molar-refractivity contribution in [3.8, 4) is 0 Å². The first-order valence-corrected chi connectivity index (χ1v) is 8.75. The monoisotopic (exact) mass is 297 g/mol. The van der Waals surface area contributed by atoms with Crippen LogP contribution in [0.25, 0.3) is 0 Å². The summed E-state index contributed by atoms with van der Waals surface area (Å²) in [4.78, 5) is 4.29. The normalized spacial score (nSPS) is 15.6. The molecule has 20 heavy (non-hydrogen) atoms. The third-order valence-electron chi connectivity index (χ3n) is 3.42. The van der Waals surface area contributed by atoms with Crippen molar-refractivity contribution in [2.24, 2.45) is 0 Å². The molecule has 0 unspecified atom stereocenters. The topological polar surface area (TPSA) is 62.3 Å². The largest absolute Gasteiger partial charge is 0.384 e. The Balaban J connectivity index is 2.32. The molecule has 0 amide bonds. The predicted molar refractivity (Wildman–Crippen MR) is 80.2 cm³/mol. The van der Waals surface area contributed by atoms with Gasteiger partial charge in [0.15, 0.2) is 0 Å². The van der Waals surface area contributed by atoms with Crippen molar-refractivity contribution in [2.75, 3.05) is 18.4 Å². The molecule has 1 aliphatic carbocycles. The highest BCUT2D eigenvalue weighted by Gasteiger charge is 2.38. The summed E-state index contributed by atoms with van der Waals surface area (Å²) in [5, 5.41) is 3.11. The number of rotatable bonds is 8. The van der Waals surface area contributed by atoms with E-state index in [1.54, 1.807) is 16.6 Å². The second-order valence-corrected chi connectivity index (χ2v) is 6.96. The van der Waals surface area contributed by atoms with Gasteiger partial charge in [0.1, 0.15) is 4.90 Å². The number of nitrogens with zero attached hydrogens (tertiary/aromatic N) is 2. The first-order chi connectivity index (χ1) is 9.61. The number of aromatic nitrogens is 1. The fourth-order valence-electron chi connectivity index (χ4n) is 2.22. The third kappa shape index (κ3) is 3.30. The van der Waals surface area contributed by atoms with E-state index in [2.05, 4.69) is 17.2 Å². The second kappa shape index (κ2) is 6.54. The van der Waals surface area contributed by atoms with Gasteiger partial charge in [-0.2, -0.15) is 4.31 Å². The molecule has 1 saturated carbocycles. The quantitative estimate of drug-likeness (QED) is 0.800. The average Bonchev–Trinajstić information content (AvgIpc) is 3.24. The molecule has 0 aliphatic heterocycles. The van der Waals surface area contributed by atoms with Crippen LogP contribution in [0.1, 0.15) is 39.5 Å². The molecule has 0 bridgehead atoms. The summed E-state index contributed by atoms with van der Waals surface area (Å²) in [7, 11) is -3.45. The maximum Gasteiger partial charge on any atom is 0.246 e.